The molecule has 0 amide bonds. The molecule has 3 heteroatoms. The van der Waals surface area contributed by atoms with Crippen molar-refractivity contribution >= 4 is 0 Å². The van der Waals surface area contributed by atoms with E-state index < -0.39 is 0 Å². The summed E-state index contributed by atoms with van der Waals surface area (Å²) in [6.45, 7) is 3.70. The highest BCUT2D eigenvalue weighted by molar-refractivity contribution is 5.35. The van der Waals surface area contributed by atoms with E-state index in [9.17, 15) is 0 Å². The predicted octanol–water partition coefficient (Wildman–Crippen LogP) is 2.01. The first-order valence-electron chi connectivity index (χ1n) is 6.93. The summed E-state index contributed by atoms with van der Waals surface area (Å²) in [7, 11) is 0. The maximum atomic E-state index is 5.81. The summed E-state index contributed by atoms with van der Waals surface area (Å²) in [5.74, 6) is 1.67. The SMILES string of the molecule is c1ccc2c(c1)C[C@H](CNC1CCOCC1)CO2. The van der Waals surface area contributed by atoms with Crippen molar-refractivity contribution in [3.63, 3.8) is 0 Å². The normalized spacial score (nSPS) is 24.3. The zero-order chi connectivity index (χ0) is 12.2. The van der Waals surface area contributed by atoms with Crippen molar-refractivity contribution in [3.05, 3.63) is 29.8 Å². The Morgan fingerprint density at radius 3 is 2.89 bits per heavy atom. The van der Waals surface area contributed by atoms with Crippen LogP contribution in [0.1, 0.15) is 18.4 Å². The molecular weight excluding hydrogens is 226 g/mol. The number of ether oxygens (including phenoxy) is 2. The summed E-state index contributed by atoms with van der Waals surface area (Å²) in [6.07, 6.45) is 3.42. The molecule has 2 aliphatic heterocycles. The van der Waals surface area contributed by atoms with Crippen LogP contribution in [0, 0.1) is 5.92 Å². The molecule has 1 aromatic carbocycles. The largest absolute Gasteiger partial charge is 0.493 e. The van der Waals surface area contributed by atoms with E-state index in [1.54, 1.807) is 0 Å². The van der Waals surface area contributed by atoms with E-state index in [-0.39, 0.29) is 0 Å². The summed E-state index contributed by atoms with van der Waals surface area (Å²) in [6, 6.07) is 9.01. The molecule has 1 N–H and O–H groups in total. The average molecular weight is 247 g/mol. The van der Waals surface area contributed by atoms with Gasteiger partial charge in [0.25, 0.3) is 0 Å². The van der Waals surface area contributed by atoms with Gasteiger partial charge >= 0.3 is 0 Å². The minimum atomic E-state index is 0.600. The molecule has 18 heavy (non-hydrogen) atoms. The Kier molecular flexibility index (Phi) is 3.81. The molecule has 0 aromatic heterocycles. The van der Waals surface area contributed by atoms with Crippen LogP contribution < -0.4 is 10.1 Å². The molecule has 3 nitrogen and oxygen atoms in total. The lowest BCUT2D eigenvalue weighted by atomic mass is 9.96. The van der Waals surface area contributed by atoms with Gasteiger partial charge < -0.3 is 14.8 Å². The van der Waals surface area contributed by atoms with Gasteiger partial charge in [-0.25, -0.2) is 0 Å². The molecule has 0 unspecified atom stereocenters. The Morgan fingerprint density at radius 1 is 1.17 bits per heavy atom. The molecular formula is C15H21NO2. The lowest BCUT2D eigenvalue weighted by Gasteiger charge is -2.29. The summed E-state index contributed by atoms with van der Waals surface area (Å²) in [5, 5.41) is 3.66. The summed E-state index contributed by atoms with van der Waals surface area (Å²) >= 11 is 0. The van der Waals surface area contributed by atoms with Crippen LogP contribution in [0.2, 0.25) is 0 Å². The van der Waals surface area contributed by atoms with Crippen LogP contribution in [0.15, 0.2) is 24.3 Å². The van der Waals surface area contributed by atoms with Crippen molar-refractivity contribution in [2.75, 3.05) is 26.4 Å². The van der Waals surface area contributed by atoms with Crippen molar-refractivity contribution in [2.45, 2.75) is 25.3 Å². The topological polar surface area (TPSA) is 30.5 Å². The van der Waals surface area contributed by atoms with Gasteiger partial charge in [0.05, 0.1) is 6.61 Å². The van der Waals surface area contributed by atoms with Gasteiger partial charge in [0.1, 0.15) is 5.75 Å². The average Bonchev–Trinajstić information content (AvgIpc) is 2.46. The molecule has 2 aliphatic rings. The third kappa shape index (κ3) is 2.85. The number of fused-ring (bicyclic) bond motifs is 1. The first kappa shape index (κ1) is 12.0. The van der Waals surface area contributed by atoms with Gasteiger partial charge in [-0.3, -0.25) is 0 Å². The van der Waals surface area contributed by atoms with Crippen LogP contribution in [0.5, 0.6) is 5.75 Å². The Balaban J connectivity index is 1.50. The Bertz CT molecular complexity index is 388. The predicted molar refractivity (Wildman–Crippen MR) is 71.0 cm³/mol. The highest BCUT2D eigenvalue weighted by Gasteiger charge is 2.21. The van der Waals surface area contributed by atoms with Crippen LogP contribution in [0.3, 0.4) is 0 Å². The van der Waals surface area contributed by atoms with Crippen molar-refractivity contribution in [3.8, 4) is 5.75 Å². The van der Waals surface area contributed by atoms with Gasteiger partial charge in [0.15, 0.2) is 0 Å². The molecule has 1 atom stereocenters. The van der Waals surface area contributed by atoms with Crippen LogP contribution in [0.25, 0.3) is 0 Å². The number of nitrogens with one attached hydrogen (secondary N) is 1. The van der Waals surface area contributed by atoms with E-state index in [1.165, 1.54) is 5.56 Å². The Morgan fingerprint density at radius 2 is 2.00 bits per heavy atom. The molecule has 98 valence electrons. The lowest BCUT2D eigenvalue weighted by molar-refractivity contribution is 0.0756. The highest BCUT2D eigenvalue weighted by Crippen LogP contribution is 2.26. The van der Waals surface area contributed by atoms with E-state index in [2.05, 4.69) is 23.5 Å². The third-order valence-corrected chi connectivity index (χ3v) is 3.87. The van der Waals surface area contributed by atoms with Crippen molar-refractivity contribution < 1.29 is 9.47 Å². The second kappa shape index (κ2) is 5.72. The molecule has 1 aromatic rings. The van der Waals surface area contributed by atoms with Crippen molar-refractivity contribution in [1.29, 1.82) is 0 Å². The molecule has 0 spiro atoms. The lowest BCUT2D eigenvalue weighted by Crippen LogP contribution is -2.40. The van der Waals surface area contributed by atoms with Crippen LogP contribution in [0.4, 0.5) is 0 Å². The van der Waals surface area contributed by atoms with Crippen LogP contribution in [-0.2, 0) is 11.2 Å². The van der Waals surface area contributed by atoms with Gasteiger partial charge in [0.2, 0.25) is 0 Å². The number of hydrogen-bond acceptors (Lipinski definition) is 3. The number of benzene rings is 1. The highest BCUT2D eigenvalue weighted by atomic mass is 16.5. The fraction of sp³-hybridized carbons (Fsp3) is 0.600. The van der Waals surface area contributed by atoms with Gasteiger partial charge in [-0.15, -0.1) is 0 Å². The van der Waals surface area contributed by atoms with Gasteiger partial charge in [0, 0.05) is 31.7 Å². The Labute approximate surface area is 108 Å². The van der Waals surface area contributed by atoms with Gasteiger partial charge in [-0.05, 0) is 30.9 Å². The monoisotopic (exact) mass is 247 g/mol. The smallest absolute Gasteiger partial charge is 0.122 e. The maximum absolute atomic E-state index is 5.81. The molecule has 2 heterocycles. The van der Waals surface area contributed by atoms with Crippen molar-refractivity contribution in [2.24, 2.45) is 5.92 Å². The molecule has 1 saturated heterocycles. The van der Waals surface area contributed by atoms with Crippen LogP contribution >= 0.6 is 0 Å². The molecule has 0 radical (unpaired) electrons. The number of rotatable bonds is 3. The van der Waals surface area contributed by atoms with E-state index in [0.29, 0.717) is 12.0 Å². The van der Waals surface area contributed by atoms with E-state index in [1.807, 2.05) is 6.07 Å². The molecule has 0 aliphatic carbocycles. The Hall–Kier alpha value is -1.06. The fourth-order valence-electron chi connectivity index (χ4n) is 2.76. The fourth-order valence-corrected chi connectivity index (χ4v) is 2.76. The maximum Gasteiger partial charge on any atom is 0.122 e. The zero-order valence-corrected chi connectivity index (χ0v) is 10.7. The summed E-state index contributed by atoms with van der Waals surface area (Å²) in [4.78, 5) is 0. The van der Waals surface area contributed by atoms with E-state index in [0.717, 1.165) is 51.4 Å². The summed E-state index contributed by atoms with van der Waals surface area (Å²) in [5.41, 5.74) is 1.35. The van der Waals surface area contributed by atoms with E-state index in [4.69, 9.17) is 9.47 Å². The number of hydrogen-bond donors (Lipinski definition) is 1. The molecule has 0 saturated carbocycles. The second-order valence-electron chi connectivity index (χ2n) is 5.28. The third-order valence-electron chi connectivity index (χ3n) is 3.87. The first-order valence-corrected chi connectivity index (χ1v) is 6.93. The standard InChI is InChI=1S/C15H21NO2/c1-2-4-15-13(3-1)9-12(11-18-15)10-16-14-5-7-17-8-6-14/h1-4,12,14,16H,5-11H2/t12-/m1/s1. The second-order valence-corrected chi connectivity index (χ2v) is 5.28. The minimum Gasteiger partial charge on any atom is -0.493 e. The van der Waals surface area contributed by atoms with Gasteiger partial charge in [-0.2, -0.15) is 0 Å². The van der Waals surface area contributed by atoms with E-state index >= 15 is 0 Å². The molecule has 3 rings (SSSR count). The first-order chi connectivity index (χ1) is 8.92. The quantitative estimate of drug-likeness (QED) is 0.886. The molecule has 0 bridgehead atoms. The number of para-hydroxylation sites is 1. The van der Waals surface area contributed by atoms with Gasteiger partial charge in [-0.1, -0.05) is 18.2 Å². The molecule has 1 fully saturated rings. The zero-order valence-electron chi connectivity index (χ0n) is 10.7. The minimum absolute atomic E-state index is 0.600. The van der Waals surface area contributed by atoms with Crippen LogP contribution in [-0.4, -0.2) is 32.4 Å². The van der Waals surface area contributed by atoms with Crippen molar-refractivity contribution in [1.82, 2.24) is 5.32 Å². The summed E-state index contributed by atoms with van der Waals surface area (Å²) < 4.78 is 11.2.